The molecule has 122 valence electrons. The smallest absolute Gasteiger partial charge is 0.242 e. The van der Waals surface area contributed by atoms with Crippen LogP contribution in [0.3, 0.4) is 0 Å². The first kappa shape index (κ1) is 15.6. The highest BCUT2D eigenvalue weighted by atomic mass is 16.2. The summed E-state index contributed by atoms with van der Waals surface area (Å²) >= 11 is 0. The summed E-state index contributed by atoms with van der Waals surface area (Å²) in [5, 5.41) is 6.33. The van der Waals surface area contributed by atoms with Crippen molar-refractivity contribution in [1.82, 2.24) is 14.9 Å². The number of hydrogen-bond acceptors (Lipinski definition) is 3. The van der Waals surface area contributed by atoms with Gasteiger partial charge in [-0.05, 0) is 44.7 Å². The summed E-state index contributed by atoms with van der Waals surface area (Å²) in [6, 6.07) is 6.42. The van der Waals surface area contributed by atoms with Crippen molar-refractivity contribution in [2.75, 3.05) is 5.32 Å². The highest BCUT2D eigenvalue weighted by Crippen LogP contribution is 2.35. The van der Waals surface area contributed by atoms with Gasteiger partial charge in [-0.25, -0.2) is 4.98 Å². The average Bonchev–Trinajstić information content (AvgIpc) is 3.27. The molecule has 1 aromatic carbocycles. The molecular formula is C18H24N4O. The molecule has 0 saturated heterocycles. The number of hydrogen-bond donors (Lipinski definition) is 2. The second-order valence-corrected chi connectivity index (χ2v) is 6.37. The first-order valence-electron chi connectivity index (χ1n) is 8.17. The Labute approximate surface area is 137 Å². The van der Waals surface area contributed by atoms with E-state index < -0.39 is 0 Å². The lowest BCUT2D eigenvalue weighted by Crippen LogP contribution is -2.37. The van der Waals surface area contributed by atoms with Crippen molar-refractivity contribution in [3.8, 4) is 0 Å². The van der Waals surface area contributed by atoms with Gasteiger partial charge in [0.2, 0.25) is 5.91 Å². The Hall–Kier alpha value is -2.30. The number of imidazole rings is 1. The van der Waals surface area contributed by atoms with E-state index in [2.05, 4.69) is 20.2 Å². The van der Waals surface area contributed by atoms with Crippen LogP contribution >= 0.6 is 0 Å². The van der Waals surface area contributed by atoms with Gasteiger partial charge in [-0.3, -0.25) is 4.79 Å². The molecule has 1 aliphatic rings. The normalized spacial score (nSPS) is 15.3. The summed E-state index contributed by atoms with van der Waals surface area (Å²) in [5.41, 5.74) is 4.41. The molecular weight excluding hydrogens is 288 g/mol. The molecule has 3 rings (SSSR count). The van der Waals surface area contributed by atoms with Crippen LogP contribution < -0.4 is 10.6 Å². The molecule has 1 saturated carbocycles. The second-order valence-electron chi connectivity index (χ2n) is 6.37. The Morgan fingerprint density at radius 3 is 2.70 bits per heavy atom. The van der Waals surface area contributed by atoms with Gasteiger partial charge in [-0.1, -0.05) is 18.2 Å². The van der Waals surface area contributed by atoms with Gasteiger partial charge < -0.3 is 15.2 Å². The molecule has 1 heterocycles. The predicted octanol–water partition coefficient (Wildman–Crippen LogP) is 2.95. The summed E-state index contributed by atoms with van der Waals surface area (Å²) in [6.45, 7) is 6.51. The Morgan fingerprint density at radius 2 is 2.04 bits per heavy atom. The molecule has 1 aromatic heterocycles. The third kappa shape index (κ3) is 3.55. The van der Waals surface area contributed by atoms with Crippen LogP contribution in [0.4, 0.5) is 5.69 Å². The third-order valence-corrected chi connectivity index (χ3v) is 4.37. The van der Waals surface area contributed by atoms with E-state index in [1.807, 2.05) is 51.5 Å². The van der Waals surface area contributed by atoms with Crippen molar-refractivity contribution in [3.05, 3.63) is 47.5 Å². The van der Waals surface area contributed by atoms with Crippen LogP contribution in [0.5, 0.6) is 0 Å². The van der Waals surface area contributed by atoms with Crippen LogP contribution in [0.1, 0.15) is 42.6 Å². The fourth-order valence-electron chi connectivity index (χ4n) is 2.81. The molecule has 1 amide bonds. The van der Waals surface area contributed by atoms with E-state index in [1.165, 1.54) is 12.8 Å². The number of anilines is 1. The Morgan fingerprint density at radius 1 is 1.35 bits per heavy atom. The van der Waals surface area contributed by atoms with E-state index in [9.17, 15) is 4.79 Å². The molecule has 1 aliphatic carbocycles. The molecule has 1 unspecified atom stereocenters. The van der Waals surface area contributed by atoms with E-state index in [4.69, 9.17) is 0 Å². The van der Waals surface area contributed by atoms with Crippen molar-refractivity contribution < 1.29 is 4.79 Å². The summed E-state index contributed by atoms with van der Waals surface area (Å²) in [7, 11) is 0. The van der Waals surface area contributed by atoms with Crippen LogP contribution in [0, 0.1) is 13.8 Å². The highest BCUT2D eigenvalue weighted by Gasteiger charge is 2.25. The van der Waals surface area contributed by atoms with Crippen molar-refractivity contribution in [2.45, 2.75) is 52.2 Å². The predicted molar refractivity (Wildman–Crippen MR) is 91.3 cm³/mol. The number of carbonyl (C=O) groups excluding carboxylic acids is 1. The Bertz CT molecular complexity index is 683. The zero-order chi connectivity index (χ0) is 16.4. The summed E-state index contributed by atoms with van der Waals surface area (Å²) in [5.74, 6) is -0.00352. The third-order valence-electron chi connectivity index (χ3n) is 4.37. The number of amides is 1. The monoisotopic (exact) mass is 312 g/mol. The lowest BCUT2D eigenvalue weighted by atomic mass is 10.1. The minimum absolute atomic E-state index is 0.00352. The maximum absolute atomic E-state index is 12.4. The summed E-state index contributed by atoms with van der Waals surface area (Å²) in [6.07, 6.45) is 6.11. The quantitative estimate of drug-likeness (QED) is 0.862. The minimum atomic E-state index is -0.285. The van der Waals surface area contributed by atoms with Crippen molar-refractivity contribution in [2.24, 2.45) is 0 Å². The number of benzene rings is 1. The van der Waals surface area contributed by atoms with Crippen molar-refractivity contribution in [1.29, 1.82) is 0 Å². The van der Waals surface area contributed by atoms with Gasteiger partial charge in [-0.15, -0.1) is 0 Å². The van der Waals surface area contributed by atoms with E-state index >= 15 is 0 Å². The molecule has 1 fully saturated rings. The van der Waals surface area contributed by atoms with Crippen LogP contribution in [0.2, 0.25) is 0 Å². The molecule has 1 atom stereocenters. The number of carbonyl (C=O) groups is 1. The number of aromatic nitrogens is 2. The number of rotatable bonds is 6. The molecule has 23 heavy (non-hydrogen) atoms. The minimum Gasteiger partial charge on any atom is -0.373 e. The van der Waals surface area contributed by atoms with E-state index in [0.717, 1.165) is 22.5 Å². The SMILES string of the molecule is Cc1cccc(C)c1NC(C)C(=O)NCc1cncn1C1CC1. The molecule has 0 radical (unpaired) electrons. The number of nitrogens with zero attached hydrogens (tertiary/aromatic N) is 2. The maximum atomic E-state index is 12.4. The number of para-hydroxylation sites is 1. The van der Waals surface area contributed by atoms with Gasteiger partial charge in [0.1, 0.15) is 6.04 Å². The fourth-order valence-corrected chi connectivity index (χ4v) is 2.81. The van der Waals surface area contributed by atoms with Gasteiger partial charge in [0.05, 0.1) is 18.6 Å². The van der Waals surface area contributed by atoms with Gasteiger partial charge in [-0.2, -0.15) is 0 Å². The standard InChI is InChI=1S/C18H24N4O/c1-12-5-4-6-13(2)17(12)21-14(3)18(23)20-10-16-9-19-11-22(16)15-7-8-15/h4-6,9,11,14-15,21H,7-8,10H2,1-3H3,(H,20,23). The van der Waals surface area contributed by atoms with Crippen molar-refractivity contribution >= 4 is 11.6 Å². The first-order valence-corrected chi connectivity index (χ1v) is 8.17. The van der Waals surface area contributed by atoms with Crippen LogP contribution in [-0.2, 0) is 11.3 Å². The maximum Gasteiger partial charge on any atom is 0.242 e. The van der Waals surface area contributed by atoms with Crippen molar-refractivity contribution in [3.63, 3.8) is 0 Å². The van der Waals surface area contributed by atoms with E-state index in [1.54, 1.807) is 0 Å². The van der Waals surface area contributed by atoms with Gasteiger partial charge >= 0.3 is 0 Å². The number of aryl methyl sites for hydroxylation is 2. The van der Waals surface area contributed by atoms with Gasteiger partial charge in [0, 0.05) is 17.9 Å². The van der Waals surface area contributed by atoms with Gasteiger partial charge in [0.15, 0.2) is 0 Å². The zero-order valence-corrected chi connectivity index (χ0v) is 14.0. The molecule has 0 bridgehead atoms. The fraction of sp³-hybridized carbons (Fsp3) is 0.444. The topological polar surface area (TPSA) is 59.0 Å². The lowest BCUT2D eigenvalue weighted by Gasteiger charge is -2.19. The molecule has 5 heteroatoms. The van der Waals surface area contributed by atoms with Gasteiger partial charge in [0.25, 0.3) is 0 Å². The molecule has 0 aliphatic heterocycles. The van der Waals surface area contributed by atoms with Crippen LogP contribution in [0.25, 0.3) is 0 Å². The Balaban J connectivity index is 1.58. The Kier molecular flexibility index (Phi) is 4.37. The number of nitrogens with one attached hydrogen (secondary N) is 2. The lowest BCUT2D eigenvalue weighted by molar-refractivity contribution is -0.121. The average molecular weight is 312 g/mol. The summed E-state index contributed by atoms with van der Waals surface area (Å²) in [4.78, 5) is 16.6. The largest absolute Gasteiger partial charge is 0.373 e. The molecule has 2 aromatic rings. The molecule has 2 N–H and O–H groups in total. The van der Waals surface area contributed by atoms with Crippen LogP contribution in [0.15, 0.2) is 30.7 Å². The van der Waals surface area contributed by atoms with E-state index in [-0.39, 0.29) is 11.9 Å². The highest BCUT2D eigenvalue weighted by molar-refractivity contribution is 5.84. The first-order chi connectivity index (χ1) is 11.1. The zero-order valence-electron chi connectivity index (χ0n) is 14.0. The summed E-state index contributed by atoms with van der Waals surface area (Å²) < 4.78 is 2.17. The molecule has 5 nitrogen and oxygen atoms in total. The second kappa shape index (κ2) is 6.44. The molecule has 0 spiro atoms. The van der Waals surface area contributed by atoms with E-state index in [0.29, 0.717) is 12.6 Å². The van der Waals surface area contributed by atoms with Crippen LogP contribution in [-0.4, -0.2) is 21.5 Å².